The number of hydrogen-bond donors (Lipinski definition) is 1. The van der Waals surface area contributed by atoms with E-state index in [1.165, 1.54) is 32.2 Å². The number of halogens is 1. The molecule has 7 heteroatoms. The molecule has 0 atom stereocenters. The number of aromatic amines is 1. The molecule has 26 heavy (non-hydrogen) atoms. The van der Waals surface area contributed by atoms with Gasteiger partial charge in [-0.3, -0.25) is 14.7 Å². The molecular formula is C19H24ClN5O. The first-order valence-corrected chi connectivity index (χ1v) is 9.76. The van der Waals surface area contributed by atoms with E-state index in [-0.39, 0.29) is 10.6 Å². The number of pyridine rings is 1. The van der Waals surface area contributed by atoms with Gasteiger partial charge in [0.25, 0.3) is 5.56 Å². The Balaban J connectivity index is 1.49. The Kier molecular flexibility index (Phi) is 5.22. The molecule has 2 aliphatic rings. The van der Waals surface area contributed by atoms with Crippen molar-refractivity contribution in [3.8, 4) is 11.4 Å². The lowest BCUT2D eigenvalue weighted by molar-refractivity contribution is 0.219. The smallest absolute Gasteiger partial charge is 0.272 e. The monoisotopic (exact) mass is 373 g/mol. The summed E-state index contributed by atoms with van der Waals surface area (Å²) < 4.78 is 0. The summed E-state index contributed by atoms with van der Waals surface area (Å²) in [4.78, 5) is 28.4. The topological polar surface area (TPSA) is 65.1 Å². The van der Waals surface area contributed by atoms with Gasteiger partial charge in [-0.05, 0) is 30.9 Å². The highest BCUT2D eigenvalue weighted by Gasteiger charge is 2.25. The van der Waals surface area contributed by atoms with Gasteiger partial charge < -0.3 is 9.88 Å². The number of aromatic nitrogens is 3. The molecule has 2 fully saturated rings. The fourth-order valence-corrected chi connectivity index (χ4v) is 4.21. The molecule has 0 bridgehead atoms. The van der Waals surface area contributed by atoms with E-state index in [2.05, 4.69) is 24.8 Å². The molecule has 4 rings (SSSR count). The fraction of sp³-hybridized carbons (Fsp3) is 0.526. The standard InChI is InChI=1S/C19H24ClN5O/c20-16-18(22-17(23-19(16)26)15-5-7-21-8-6-15)25-11-9-24(10-12-25)13-14-3-1-2-4-14/h5-8,14H,1-4,9-13H2,(H,22,23,26). The molecule has 138 valence electrons. The van der Waals surface area contributed by atoms with Crippen molar-refractivity contribution in [1.82, 2.24) is 19.9 Å². The van der Waals surface area contributed by atoms with Crippen LogP contribution >= 0.6 is 11.6 Å². The zero-order valence-electron chi connectivity index (χ0n) is 14.8. The van der Waals surface area contributed by atoms with Crippen molar-refractivity contribution in [3.63, 3.8) is 0 Å². The Hall–Kier alpha value is -1.92. The number of rotatable bonds is 4. The lowest BCUT2D eigenvalue weighted by atomic mass is 10.1. The van der Waals surface area contributed by atoms with Gasteiger partial charge in [0.15, 0.2) is 5.82 Å². The highest BCUT2D eigenvalue weighted by molar-refractivity contribution is 6.32. The molecule has 1 aliphatic heterocycles. The van der Waals surface area contributed by atoms with Gasteiger partial charge in [0.2, 0.25) is 0 Å². The summed E-state index contributed by atoms with van der Waals surface area (Å²) in [6, 6.07) is 3.66. The minimum Gasteiger partial charge on any atom is -0.353 e. The van der Waals surface area contributed by atoms with Crippen molar-refractivity contribution >= 4 is 17.4 Å². The molecule has 0 spiro atoms. The first-order chi connectivity index (χ1) is 12.7. The van der Waals surface area contributed by atoms with Crippen molar-refractivity contribution in [1.29, 1.82) is 0 Å². The molecule has 3 heterocycles. The molecule has 2 aromatic heterocycles. The molecule has 6 nitrogen and oxygen atoms in total. The maximum Gasteiger partial charge on any atom is 0.272 e. The first-order valence-electron chi connectivity index (χ1n) is 9.38. The van der Waals surface area contributed by atoms with E-state index in [9.17, 15) is 4.79 Å². The average molecular weight is 374 g/mol. The maximum atomic E-state index is 12.3. The van der Waals surface area contributed by atoms with Gasteiger partial charge in [-0.2, -0.15) is 0 Å². The second-order valence-corrected chi connectivity index (χ2v) is 7.60. The van der Waals surface area contributed by atoms with Crippen molar-refractivity contribution < 1.29 is 0 Å². The van der Waals surface area contributed by atoms with Gasteiger partial charge >= 0.3 is 0 Å². The molecular weight excluding hydrogens is 350 g/mol. The summed E-state index contributed by atoms with van der Waals surface area (Å²) in [6.07, 6.45) is 8.88. The Labute approximate surface area is 158 Å². The molecule has 1 N–H and O–H groups in total. The van der Waals surface area contributed by atoms with Gasteiger partial charge in [-0.15, -0.1) is 0 Å². The Morgan fingerprint density at radius 3 is 2.50 bits per heavy atom. The third kappa shape index (κ3) is 3.76. The number of hydrogen-bond acceptors (Lipinski definition) is 5. The number of piperazine rings is 1. The number of H-pyrrole nitrogens is 1. The molecule has 0 radical (unpaired) electrons. The summed E-state index contributed by atoms with van der Waals surface area (Å²) in [6.45, 7) is 4.88. The lowest BCUT2D eigenvalue weighted by Gasteiger charge is -2.36. The van der Waals surface area contributed by atoms with Crippen LogP contribution in [-0.2, 0) is 0 Å². The summed E-state index contributed by atoms with van der Waals surface area (Å²) in [5.74, 6) is 1.98. The zero-order valence-corrected chi connectivity index (χ0v) is 15.6. The number of nitrogens with one attached hydrogen (secondary N) is 1. The second-order valence-electron chi connectivity index (χ2n) is 7.23. The maximum absolute atomic E-state index is 12.3. The zero-order chi connectivity index (χ0) is 17.9. The highest BCUT2D eigenvalue weighted by Crippen LogP contribution is 2.27. The molecule has 1 saturated carbocycles. The van der Waals surface area contributed by atoms with E-state index in [1.807, 2.05) is 12.1 Å². The van der Waals surface area contributed by atoms with E-state index in [0.717, 1.165) is 37.7 Å². The van der Waals surface area contributed by atoms with Crippen LogP contribution in [0.2, 0.25) is 5.02 Å². The van der Waals surface area contributed by atoms with Crippen LogP contribution in [0.4, 0.5) is 5.82 Å². The molecule has 2 aromatic rings. The molecule has 1 saturated heterocycles. The van der Waals surface area contributed by atoms with Crippen LogP contribution < -0.4 is 10.5 Å². The minimum absolute atomic E-state index is 0.173. The minimum atomic E-state index is -0.295. The van der Waals surface area contributed by atoms with E-state index >= 15 is 0 Å². The van der Waals surface area contributed by atoms with Crippen molar-refractivity contribution in [3.05, 3.63) is 39.9 Å². The van der Waals surface area contributed by atoms with Crippen LogP contribution in [0.3, 0.4) is 0 Å². The predicted octanol–water partition coefficient (Wildman–Crippen LogP) is 2.80. The quantitative estimate of drug-likeness (QED) is 0.892. The van der Waals surface area contributed by atoms with Crippen molar-refractivity contribution in [2.45, 2.75) is 25.7 Å². The van der Waals surface area contributed by atoms with E-state index < -0.39 is 0 Å². The molecule has 0 amide bonds. The van der Waals surface area contributed by atoms with Crippen LogP contribution in [0, 0.1) is 5.92 Å². The van der Waals surface area contributed by atoms with Crippen molar-refractivity contribution in [2.24, 2.45) is 5.92 Å². The Morgan fingerprint density at radius 1 is 1.12 bits per heavy atom. The fourth-order valence-electron chi connectivity index (χ4n) is 4.00. The van der Waals surface area contributed by atoms with Gasteiger partial charge in [0.05, 0.1) is 0 Å². The Bertz CT molecular complexity index is 795. The van der Waals surface area contributed by atoms with Crippen LogP contribution in [0.1, 0.15) is 25.7 Å². The Morgan fingerprint density at radius 2 is 1.81 bits per heavy atom. The third-order valence-electron chi connectivity index (χ3n) is 5.46. The molecule has 0 unspecified atom stereocenters. The molecule has 0 aromatic carbocycles. The van der Waals surface area contributed by atoms with Crippen LogP contribution in [0.15, 0.2) is 29.3 Å². The number of nitrogens with zero attached hydrogens (tertiary/aromatic N) is 4. The third-order valence-corrected chi connectivity index (χ3v) is 5.80. The van der Waals surface area contributed by atoms with Crippen molar-refractivity contribution in [2.75, 3.05) is 37.6 Å². The van der Waals surface area contributed by atoms with Gasteiger partial charge in [0, 0.05) is 50.7 Å². The van der Waals surface area contributed by atoms with Gasteiger partial charge in [-0.25, -0.2) is 4.98 Å². The van der Waals surface area contributed by atoms with E-state index in [4.69, 9.17) is 11.6 Å². The van der Waals surface area contributed by atoms with Crippen LogP contribution in [-0.4, -0.2) is 52.6 Å². The second kappa shape index (κ2) is 7.76. The molecule has 1 aliphatic carbocycles. The van der Waals surface area contributed by atoms with Crippen LogP contribution in [0.25, 0.3) is 11.4 Å². The highest BCUT2D eigenvalue weighted by atomic mass is 35.5. The SMILES string of the molecule is O=c1[nH]c(-c2ccncc2)nc(N2CCN(CC3CCCC3)CC2)c1Cl. The normalized spacial score (nSPS) is 19.2. The number of anilines is 1. The summed E-state index contributed by atoms with van der Waals surface area (Å²) >= 11 is 6.29. The average Bonchev–Trinajstić information content (AvgIpc) is 3.18. The summed E-state index contributed by atoms with van der Waals surface area (Å²) in [5.41, 5.74) is 0.534. The van der Waals surface area contributed by atoms with Gasteiger partial charge in [0.1, 0.15) is 10.8 Å². The van der Waals surface area contributed by atoms with Gasteiger partial charge in [-0.1, -0.05) is 24.4 Å². The summed E-state index contributed by atoms with van der Waals surface area (Å²) in [5, 5.41) is 0.173. The predicted molar refractivity (Wildman–Crippen MR) is 104 cm³/mol. The largest absolute Gasteiger partial charge is 0.353 e. The summed E-state index contributed by atoms with van der Waals surface area (Å²) in [7, 11) is 0. The van der Waals surface area contributed by atoms with E-state index in [1.54, 1.807) is 12.4 Å². The first kappa shape index (κ1) is 17.5. The van der Waals surface area contributed by atoms with Crippen LogP contribution in [0.5, 0.6) is 0 Å². The van der Waals surface area contributed by atoms with E-state index in [0.29, 0.717) is 11.6 Å². The lowest BCUT2D eigenvalue weighted by Crippen LogP contribution is -2.48.